The van der Waals surface area contributed by atoms with E-state index in [1.807, 2.05) is 0 Å². The highest BCUT2D eigenvalue weighted by Gasteiger charge is 2.30. The summed E-state index contributed by atoms with van der Waals surface area (Å²) in [5.74, 6) is -0.109. The lowest BCUT2D eigenvalue weighted by atomic mass is 10.2. The van der Waals surface area contributed by atoms with E-state index in [0.717, 1.165) is 5.41 Å². The predicted molar refractivity (Wildman–Crippen MR) is 79.6 cm³/mol. The molecule has 0 saturated carbocycles. The van der Waals surface area contributed by atoms with E-state index >= 15 is 0 Å². The number of sulfonamides is 1. The molecule has 1 aromatic rings. The molecule has 1 aliphatic rings. The van der Waals surface area contributed by atoms with Gasteiger partial charge in [0.05, 0.1) is 11.5 Å². The lowest BCUT2D eigenvalue weighted by Crippen LogP contribution is -2.34. The molecule has 1 fully saturated rings. The fraction of sp³-hybridized carbons (Fsp3) is 0.333. The molecule has 8 heteroatoms. The zero-order valence-corrected chi connectivity index (χ0v) is 12.9. The van der Waals surface area contributed by atoms with Crippen molar-refractivity contribution in [1.29, 1.82) is 0 Å². The average molecular weight is 336 g/mol. The number of nitrogens with one attached hydrogen (secondary N) is 1. The van der Waals surface area contributed by atoms with Crippen LogP contribution >= 0.6 is 11.6 Å². The van der Waals surface area contributed by atoms with Gasteiger partial charge >= 0.3 is 0 Å². The van der Waals surface area contributed by atoms with Crippen molar-refractivity contribution in [3.63, 3.8) is 0 Å². The second-order valence-electron chi connectivity index (χ2n) is 4.62. The summed E-state index contributed by atoms with van der Waals surface area (Å²) >= 11 is 5.73. The molecule has 20 heavy (non-hydrogen) atoms. The Hall–Kier alpha value is -0.890. The van der Waals surface area contributed by atoms with Crippen LogP contribution in [0.4, 0.5) is 0 Å². The van der Waals surface area contributed by atoms with E-state index in [2.05, 4.69) is 4.72 Å². The molecule has 2 rings (SSSR count). The molecule has 0 aromatic heterocycles. The molecule has 110 valence electrons. The van der Waals surface area contributed by atoms with Gasteiger partial charge in [-0.05, 0) is 30.2 Å². The average Bonchev–Trinajstić information content (AvgIpc) is 2.67. The Morgan fingerprint density at radius 1 is 1.25 bits per heavy atom. The molecule has 0 aliphatic carbocycles. The highest BCUT2D eigenvalue weighted by Crippen LogP contribution is 2.14. The van der Waals surface area contributed by atoms with Gasteiger partial charge in [-0.2, -0.15) is 0 Å². The summed E-state index contributed by atoms with van der Waals surface area (Å²) in [4.78, 5) is 0. The van der Waals surface area contributed by atoms with Crippen molar-refractivity contribution in [1.82, 2.24) is 4.72 Å². The van der Waals surface area contributed by atoms with Crippen LogP contribution in [0.5, 0.6) is 0 Å². The number of hydrogen-bond donors (Lipinski definition) is 1. The maximum atomic E-state index is 11.8. The van der Waals surface area contributed by atoms with E-state index < -0.39 is 25.9 Å². The first kappa shape index (κ1) is 15.5. The van der Waals surface area contributed by atoms with Crippen molar-refractivity contribution in [3.8, 4) is 0 Å². The van der Waals surface area contributed by atoms with Crippen molar-refractivity contribution in [2.75, 3.05) is 11.5 Å². The van der Waals surface area contributed by atoms with Crippen LogP contribution in [0, 0.1) is 0 Å². The Kier molecular flexibility index (Phi) is 4.53. The zero-order chi connectivity index (χ0) is 14.8. The number of sulfone groups is 1. The van der Waals surface area contributed by atoms with Crippen molar-refractivity contribution in [2.45, 2.75) is 12.5 Å². The molecular formula is C12H14ClNO4S2. The highest BCUT2D eigenvalue weighted by atomic mass is 35.5. The van der Waals surface area contributed by atoms with E-state index in [-0.39, 0.29) is 11.5 Å². The Morgan fingerprint density at radius 2 is 1.90 bits per heavy atom. The first-order chi connectivity index (χ1) is 9.26. The summed E-state index contributed by atoms with van der Waals surface area (Å²) in [6.07, 6.45) is 1.75. The molecule has 0 spiro atoms. The van der Waals surface area contributed by atoms with E-state index in [9.17, 15) is 16.8 Å². The molecule has 1 aromatic carbocycles. The lowest BCUT2D eigenvalue weighted by Gasteiger charge is -2.08. The van der Waals surface area contributed by atoms with Gasteiger partial charge in [0.1, 0.15) is 0 Å². The van der Waals surface area contributed by atoms with Gasteiger partial charge in [0.25, 0.3) is 0 Å². The molecule has 0 bridgehead atoms. The summed E-state index contributed by atoms with van der Waals surface area (Å²) in [5.41, 5.74) is 0.693. The van der Waals surface area contributed by atoms with Gasteiger partial charge < -0.3 is 0 Å². The zero-order valence-electron chi connectivity index (χ0n) is 10.5. The minimum atomic E-state index is -3.65. The third-order valence-corrected chi connectivity index (χ3v) is 6.05. The van der Waals surface area contributed by atoms with Crippen molar-refractivity contribution in [2.24, 2.45) is 0 Å². The maximum Gasteiger partial charge on any atom is 0.234 e. The Labute approximate surface area is 123 Å². The van der Waals surface area contributed by atoms with Crippen LogP contribution in [0.3, 0.4) is 0 Å². The summed E-state index contributed by atoms with van der Waals surface area (Å²) in [7, 11) is -6.76. The monoisotopic (exact) mass is 335 g/mol. The molecule has 0 radical (unpaired) electrons. The van der Waals surface area contributed by atoms with E-state index in [0.29, 0.717) is 17.0 Å². The van der Waals surface area contributed by atoms with E-state index in [1.165, 1.54) is 6.08 Å². The first-order valence-electron chi connectivity index (χ1n) is 5.92. The van der Waals surface area contributed by atoms with Crippen LogP contribution < -0.4 is 4.72 Å². The molecule has 1 aliphatic heterocycles. The fourth-order valence-electron chi connectivity index (χ4n) is 1.90. The molecule has 1 N–H and O–H groups in total. The third-order valence-electron chi connectivity index (χ3n) is 2.87. The van der Waals surface area contributed by atoms with E-state index in [1.54, 1.807) is 24.3 Å². The molecule has 1 atom stereocenters. The van der Waals surface area contributed by atoms with Crippen molar-refractivity contribution < 1.29 is 16.8 Å². The number of halogens is 1. The fourth-order valence-corrected chi connectivity index (χ4v) is 4.89. The van der Waals surface area contributed by atoms with Crippen LogP contribution in [0.25, 0.3) is 6.08 Å². The summed E-state index contributed by atoms with van der Waals surface area (Å²) < 4.78 is 48.6. The Bertz CT molecular complexity index is 708. The lowest BCUT2D eigenvalue weighted by molar-refractivity contribution is 0.571. The van der Waals surface area contributed by atoms with Crippen molar-refractivity contribution >= 4 is 37.5 Å². The van der Waals surface area contributed by atoms with Crippen LogP contribution in [0.1, 0.15) is 12.0 Å². The van der Waals surface area contributed by atoms with Gasteiger partial charge in [-0.3, -0.25) is 0 Å². The topological polar surface area (TPSA) is 80.3 Å². The van der Waals surface area contributed by atoms with Gasteiger partial charge in [-0.15, -0.1) is 0 Å². The van der Waals surface area contributed by atoms with Crippen LogP contribution in [0.2, 0.25) is 5.02 Å². The van der Waals surface area contributed by atoms with Crippen molar-refractivity contribution in [3.05, 3.63) is 40.3 Å². The smallest absolute Gasteiger partial charge is 0.229 e. The quantitative estimate of drug-likeness (QED) is 0.902. The van der Waals surface area contributed by atoms with Gasteiger partial charge in [0, 0.05) is 16.5 Å². The highest BCUT2D eigenvalue weighted by molar-refractivity contribution is 7.93. The molecule has 1 heterocycles. The molecule has 1 saturated heterocycles. The first-order valence-corrected chi connectivity index (χ1v) is 9.67. The van der Waals surface area contributed by atoms with Gasteiger partial charge in [-0.25, -0.2) is 21.6 Å². The normalized spacial score (nSPS) is 22.4. The molecule has 0 amide bonds. The van der Waals surface area contributed by atoms with Crippen LogP contribution in [-0.4, -0.2) is 34.4 Å². The summed E-state index contributed by atoms with van der Waals surface area (Å²) in [5, 5.41) is 1.60. The summed E-state index contributed by atoms with van der Waals surface area (Å²) in [6.45, 7) is 0. The van der Waals surface area contributed by atoms with Gasteiger partial charge in [0.15, 0.2) is 9.84 Å². The standard InChI is InChI=1S/C12H14ClNO4S2/c13-11-3-1-10(2-4-11)5-8-20(17,18)14-12-6-7-19(15,16)9-12/h1-5,8,12,14H,6-7,9H2/b8-5+/t12-/m0/s1. The number of hydrogen-bond acceptors (Lipinski definition) is 4. The molecule has 5 nitrogen and oxygen atoms in total. The predicted octanol–water partition coefficient (Wildman–Crippen LogP) is 1.42. The van der Waals surface area contributed by atoms with E-state index in [4.69, 9.17) is 11.6 Å². The second-order valence-corrected chi connectivity index (χ2v) is 8.88. The van der Waals surface area contributed by atoms with Crippen LogP contribution in [0.15, 0.2) is 29.7 Å². The minimum Gasteiger partial charge on any atom is -0.229 e. The maximum absolute atomic E-state index is 11.8. The van der Waals surface area contributed by atoms with Gasteiger partial charge in [-0.1, -0.05) is 23.7 Å². The molecular weight excluding hydrogens is 322 g/mol. The molecule has 0 unspecified atom stereocenters. The SMILES string of the molecule is O=S1(=O)CC[C@H](NS(=O)(=O)/C=C/c2ccc(Cl)cc2)C1. The Morgan fingerprint density at radius 3 is 2.45 bits per heavy atom. The largest absolute Gasteiger partial charge is 0.234 e. The second kappa shape index (κ2) is 5.85. The Balaban J connectivity index is 2.02. The number of rotatable bonds is 4. The summed E-state index contributed by atoms with van der Waals surface area (Å²) in [6, 6.07) is 6.15. The number of benzene rings is 1. The minimum absolute atomic E-state index is 0.0289. The third kappa shape index (κ3) is 4.59. The van der Waals surface area contributed by atoms with Gasteiger partial charge in [0.2, 0.25) is 10.0 Å². The van der Waals surface area contributed by atoms with Crippen LogP contribution in [-0.2, 0) is 19.9 Å².